The van der Waals surface area contributed by atoms with Crippen molar-refractivity contribution in [3.05, 3.63) is 17.8 Å². The van der Waals surface area contributed by atoms with Crippen molar-refractivity contribution in [2.24, 2.45) is 0 Å². The van der Waals surface area contributed by atoms with Gasteiger partial charge in [0.25, 0.3) is 0 Å². The molecule has 1 aliphatic rings. The monoisotopic (exact) mass is 281 g/mol. The molecule has 0 amide bonds. The van der Waals surface area contributed by atoms with Crippen molar-refractivity contribution in [3.8, 4) is 0 Å². The van der Waals surface area contributed by atoms with Crippen molar-refractivity contribution in [1.82, 2.24) is 4.98 Å². The number of carboxylic acid groups (broad SMARTS) is 1. The number of thioether (sulfide) groups is 1. The van der Waals surface area contributed by atoms with E-state index in [0.29, 0.717) is 17.1 Å². The normalized spacial score (nSPS) is 23.0. The molecule has 1 fully saturated rings. The Balaban J connectivity index is 2.18. The van der Waals surface area contributed by atoms with Crippen molar-refractivity contribution in [2.75, 3.05) is 17.3 Å². The Kier molecular flexibility index (Phi) is 4.52. The van der Waals surface area contributed by atoms with Gasteiger partial charge in [0, 0.05) is 17.5 Å². The molecule has 0 saturated heterocycles. The van der Waals surface area contributed by atoms with Crippen LogP contribution in [0.4, 0.5) is 11.5 Å². The summed E-state index contributed by atoms with van der Waals surface area (Å²) in [5.74, 6) is -0.529. The third-order valence-corrected chi connectivity index (χ3v) is 4.72. The molecule has 0 aliphatic heterocycles. The molecule has 2 unspecified atom stereocenters. The highest BCUT2D eigenvalue weighted by molar-refractivity contribution is 7.99. The first kappa shape index (κ1) is 14.0. The van der Waals surface area contributed by atoms with Gasteiger partial charge in [-0.15, -0.1) is 0 Å². The number of carboxylic acids is 1. The maximum Gasteiger partial charge on any atom is 0.337 e. The fourth-order valence-electron chi connectivity index (χ4n) is 2.49. The molecule has 5 nitrogen and oxygen atoms in total. The second-order valence-corrected chi connectivity index (χ2v) is 5.81. The Hall–Kier alpha value is -1.43. The average Bonchev–Trinajstić information content (AvgIpc) is 2.41. The highest BCUT2D eigenvalue weighted by Crippen LogP contribution is 2.31. The van der Waals surface area contributed by atoms with E-state index in [1.165, 1.54) is 31.5 Å². The highest BCUT2D eigenvalue weighted by atomic mass is 32.2. The molecule has 1 saturated carbocycles. The van der Waals surface area contributed by atoms with Crippen molar-refractivity contribution >= 4 is 29.2 Å². The van der Waals surface area contributed by atoms with Crippen LogP contribution in [0.1, 0.15) is 36.0 Å². The number of carbonyl (C=O) groups is 1. The fourth-order valence-corrected chi connectivity index (χ4v) is 3.43. The highest BCUT2D eigenvalue weighted by Gasteiger charge is 2.25. The SMILES string of the molecule is CSC1CCCCC1Nc1nccc(C(=O)O)c1N. The molecule has 0 bridgehead atoms. The molecule has 0 spiro atoms. The second kappa shape index (κ2) is 6.14. The summed E-state index contributed by atoms with van der Waals surface area (Å²) in [6.45, 7) is 0. The molecule has 0 aromatic carbocycles. The number of hydrogen-bond donors (Lipinski definition) is 3. The molecule has 4 N–H and O–H groups in total. The number of aromatic nitrogens is 1. The maximum absolute atomic E-state index is 11.0. The number of nitrogens with zero attached hydrogens (tertiary/aromatic N) is 1. The lowest BCUT2D eigenvalue weighted by Crippen LogP contribution is -2.35. The van der Waals surface area contributed by atoms with Gasteiger partial charge in [-0.25, -0.2) is 9.78 Å². The summed E-state index contributed by atoms with van der Waals surface area (Å²) >= 11 is 1.84. The lowest BCUT2D eigenvalue weighted by molar-refractivity contribution is 0.0698. The van der Waals surface area contributed by atoms with E-state index in [2.05, 4.69) is 16.6 Å². The fraction of sp³-hybridized carbons (Fsp3) is 0.538. The first-order valence-corrected chi connectivity index (χ1v) is 7.69. The van der Waals surface area contributed by atoms with E-state index in [-0.39, 0.29) is 11.3 Å². The van der Waals surface area contributed by atoms with Crippen LogP contribution < -0.4 is 11.1 Å². The summed E-state index contributed by atoms with van der Waals surface area (Å²) in [7, 11) is 0. The van der Waals surface area contributed by atoms with E-state index < -0.39 is 5.97 Å². The lowest BCUT2D eigenvalue weighted by Gasteiger charge is -2.31. The zero-order valence-electron chi connectivity index (χ0n) is 10.9. The molecule has 19 heavy (non-hydrogen) atoms. The molecule has 1 heterocycles. The average molecular weight is 281 g/mol. The van der Waals surface area contributed by atoms with Crippen molar-refractivity contribution in [1.29, 1.82) is 0 Å². The van der Waals surface area contributed by atoms with Gasteiger partial charge in [0.2, 0.25) is 0 Å². The van der Waals surface area contributed by atoms with Gasteiger partial charge >= 0.3 is 5.97 Å². The summed E-state index contributed by atoms with van der Waals surface area (Å²) in [4.78, 5) is 15.2. The first-order valence-electron chi connectivity index (χ1n) is 6.40. The van der Waals surface area contributed by atoms with Crippen molar-refractivity contribution < 1.29 is 9.90 Å². The van der Waals surface area contributed by atoms with E-state index in [9.17, 15) is 4.79 Å². The molecule has 2 atom stereocenters. The number of hydrogen-bond acceptors (Lipinski definition) is 5. The van der Waals surface area contributed by atoms with Crippen LogP contribution in [-0.2, 0) is 0 Å². The number of rotatable bonds is 4. The zero-order chi connectivity index (χ0) is 13.8. The summed E-state index contributed by atoms with van der Waals surface area (Å²) in [5, 5.41) is 12.9. The van der Waals surface area contributed by atoms with Crippen LogP contribution in [-0.4, -0.2) is 33.6 Å². The smallest absolute Gasteiger partial charge is 0.337 e. The third-order valence-electron chi connectivity index (χ3n) is 3.55. The van der Waals surface area contributed by atoms with Gasteiger partial charge in [0.05, 0.1) is 11.3 Å². The first-order chi connectivity index (χ1) is 9.13. The molecule has 1 aromatic rings. The Morgan fingerprint density at radius 2 is 2.26 bits per heavy atom. The lowest BCUT2D eigenvalue weighted by atomic mass is 9.95. The van der Waals surface area contributed by atoms with Gasteiger partial charge in [-0.3, -0.25) is 0 Å². The number of nitrogens with two attached hydrogens (primary N) is 1. The van der Waals surface area contributed by atoms with Gasteiger partial charge in [-0.2, -0.15) is 11.8 Å². The van der Waals surface area contributed by atoms with Crippen molar-refractivity contribution in [2.45, 2.75) is 37.0 Å². The van der Waals surface area contributed by atoms with E-state index in [1.54, 1.807) is 0 Å². The minimum absolute atomic E-state index is 0.106. The largest absolute Gasteiger partial charge is 0.478 e. The predicted molar refractivity (Wildman–Crippen MR) is 78.8 cm³/mol. The number of aromatic carboxylic acids is 1. The van der Waals surface area contributed by atoms with Gasteiger partial charge < -0.3 is 16.2 Å². The summed E-state index contributed by atoms with van der Waals surface area (Å²) < 4.78 is 0. The van der Waals surface area contributed by atoms with Crippen LogP contribution in [0.15, 0.2) is 12.3 Å². The van der Waals surface area contributed by atoms with Gasteiger partial charge in [-0.05, 0) is 25.2 Å². The topological polar surface area (TPSA) is 88.2 Å². The number of anilines is 2. The van der Waals surface area contributed by atoms with Crippen LogP contribution in [0.25, 0.3) is 0 Å². The van der Waals surface area contributed by atoms with Crippen molar-refractivity contribution in [3.63, 3.8) is 0 Å². The second-order valence-electron chi connectivity index (χ2n) is 4.74. The van der Waals surface area contributed by atoms with E-state index in [1.807, 2.05) is 11.8 Å². The molecule has 0 radical (unpaired) electrons. The van der Waals surface area contributed by atoms with E-state index in [0.717, 1.165) is 6.42 Å². The number of pyridine rings is 1. The molecule has 1 aliphatic carbocycles. The standard InChI is InChI=1S/C13H19N3O2S/c1-19-10-5-3-2-4-9(10)16-12-11(14)8(13(17)18)6-7-15-12/h6-7,9-10H,2-5,14H2,1H3,(H,15,16)(H,17,18). The Morgan fingerprint density at radius 1 is 1.53 bits per heavy atom. The van der Waals surface area contributed by atoms with Crippen LogP contribution in [0.2, 0.25) is 0 Å². The number of nitrogens with one attached hydrogen (secondary N) is 1. The summed E-state index contributed by atoms with van der Waals surface area (Å²) in [5.41, 5.74) is 6.20. The van der Waals surface area contributed by atoms with Crippen LogP contribution in [0, 0.1) is 0 Å². The zero-order valence-corrected chi connectivity index (χ0v) is 11.7. The molecular weight excluding hydrogens is 262 g/mol. The number of nitrogen functional groups attached to an aromatic ring is 1. The summed E-state index contributed by atoms with van der Waals surface area (Å²) in [6.07, 6.45) is 8.28. The Morgan fingerprint density at radius 3 is 2.95 bits per heavy atom. The van der Waals surface area contributed by atoms with E-state index in [4.69, 9.17) is 10.8 Å². The molecular formula is C13H19N3O2S. The van der Waals surface area contributed by atoms with Crippen LogP contribution >= 0.6 is 11.8 Å². The maximum atomic E-state index is 11.0. The minimum Gasteiger partial charge on any atom is -0.478 e. The van der Waals surface area contributed by atoms with Gasteiger partial charge in [0.1, 0.15) is 5.82 Å². The molecule has 104 valence electrons. The Labute approximate surface area is 117 Å². The third kappa shape index (κ3) is 3.12. The van der Waals surface area contributed by atoms with Gasteiger partial charge in [0.15, 0.2) is 0 Å². The minimum atomic E-state index is -1.02. The van der Waals surface area contributed by atoms with E-state index >= 15 is 0 Å². The predicted octanol–water partition coefficient (Wildman–Crippen LogP) is 2.45. The van der Waals surface area contributed by atoms with Crippen LogP contribution in [0.5, 0.6) is 0 Å². The summed E-state index contributed by atoms with van der Waals surface area (Å²) in [6, 6.07) is 1.73. The molecule has 6 heteroatoms. The Bertz CT molecular complexity index is 467. The molecule has 1 aromatic heterocycles. The quantitative estimate of drug-likeness (QED) is 0.785. The molecule has 2 rings (SSSR count). The van der Waals surface area contributed by atoms with Gasteiger partial charge in [-0.1, -0.05) is 12.8 Å². The van der Waals surface area contributed by atoms with Crippen LogP contribution in [0.3, 0.4) is 0 Å².